The predicted molar refractivity (Wildman–Crippen MR) is 87.1 cm³/mol. The molecular weight excluding hydrogens is 402 g/mol. The van der Waals surface area contributed by atoms with Crippen LogP contribution in [0.2, 0.25) is 0 Å². The fraction of sp³-hybridized carbons (Fsp3) is 0.467. The molecule has 4 nitrogen and oxygen atoms in total. The standard InChI is InChI=1S/C15H17Br2NO3/c1-2-21-15(20)10-3-5-18(6-4-10)14(19)11-7-12(16)9-13(17)8-11/h7-10H,2-6H2,1H3. The van der Waals surface area contributed by atoms with Gasteiger partial charge in [0.05, 0.1) is 12.5 Å². The summed E-state index contributed by atoms with van der Waals surface area (Å²) in [4.78, 5) is 26.0. The van der Waals surface area contributed by atoms with E-state index in [-0.39, 0.29) is 17.8 Å². The number of hydrogen-bond donors (Lipinski definition) is 0. The Hall–Kier alpha value is -0.880. The van der Waals surface area contributed by atoms with Crippen LogP contribution in [0.15, 0.2) is 27.1 Å². The zero-order valence-corrected chi connectivity index (χ0v) is 14.9. The molecular formula is C15H17Br2NO3. The van der Waals surface area contributed by atoms with Crippen LogP contribution in [0.3, 0.4) is 0 Å². The molecule has 0 atom stereocenters. The smallest absolute Gasteiger partial charge is 0.309 e. The summed E-state index contributed by atoms with van der Waals surface area (Å²) < 4.78 is 6.76. The number of hydrogen-bond acceptors (Lipinski definition) is 3. The van der Waals surface area contributed by atoms with E-state index in [1.165, 1.54) is 0 Å². The summed E-state index contributed by atoms with van der Waals surface area (Å²) in [5.74, 6) is -0.225. The van der Waals surface area contributed by atoms with Gasteiger partial charge in [0.15, 0.2) is 0 Å². The first-order valence-corrected chi connectivity index (χ1v) is 8.52. The van der Waals surface area contributed by atoms with Crippen LogP contribution < -0.4 is 0 Å². The fourth-order valence-electron chi connectivity index (χ4n) is 2.44. The molecule has 0 aliphatic carbocycles. The number of piperidine rings is 1. The molecule has 1 aliphatic heterocycles. The van der Waals surface area contributed by atoms with Crippen molar-refractivity contribution in [3.63, 3.8) is 0 Å². The molecule has 0 unspecified atom stereocenters. The normalized spacial score (nSPS) is 15.9. The second kappa shape index (κ2) is 7.40. The summed E-state index contributed by atoms with van der Waals surface area (Å²) in [5.41, 5.74) is 0.644. The first-order chi connectivity index (χ1) is 10.0. The monoisotopic (exact) mass is 417 g/mol. The Balaban J connectivity index is 1.98. The Morgan fingerprint density at radius 2 is 1.76 bits per heavy atom. The fourth-order valence-corrected chi connectivity index (χ4v) is 3.73. The average molecular weight is 419 g/mol. The van der Waals surface area contributed by atoms with E-state index in [1.54, 1.807) is 4.90 Å². The van der Waals surface area contributed by atoms with E-state index in [9.17, 15) is 9.59 Å². The van der Waals surface area contributed by atoms with Crippen molar-refractivity contribution in [2.24, 2.45) is 5.92 Å². The highest BCUT2D eigenvalue weighted by atomic mass is 79.9. The zero-order valence-electron chi connectivity index (χ0n) is 11.8. The van der Waals surface area contributed by atoms with Crippen LogP contribution in [0, 0.1) is 5.92 Å². The number of esters is 1. The SMILES string of the molecule is CCOC(=O)C1CCN(C(=O)c2cc(Br)cc(Br)c2)CC1. The number of carbonyl (C=O) groups excluding carboxylic acids is 2. The van der Waals surface area contributed by atoms with Crippen LogP contribution in [-0.2, 0) is 9.53 Å². The molecule has 1 fully saturated rings. The first kappa shape index (κ1) is 16.5. The van der Waals surface area contributed by atoms with Gasteiger partial charge in [0.25, 0.3) is 5.91 Å². The van der Waals surface area contributed by atoms with Crippen LogP contribution in [0.4, 0.5) is 0 Å². The molecule has 0 saturated carbocycles. The molecule has 114 valence electrons. The van der Waals surface area contributed by atoms with E-state index in [0.717, 1.165) is 8.95 Å². The maximum atomic E-state index is 12.5. The molecule has 0 radical (unpaired) electrons. The molecule has 6 heteroatoms. The number of likely N-dealkylation sites (tertiary alicyclic amines) is 1. The maximum Gasteiger partial charge on any atom is 0.309 e. The molecule has 1 aliphatic rings. The number of nitrogens with zero attached hydrogens (tertiary/aromatic N) is 1. The molecule has 1 heterocycles. The first-order valence-electron chi connectivity index (χ1n) is 6.93. The largest absolute Gasteiger partial charge is 0.466 e. The van der Waals surface area contributed by atoms with Gasteiger partial charge in [0.1, 0.15) is 0 Å². The van der Waals surface area contributed by atoms with E-state index < -0.39 is 0 Å². The van der Waals surface area contributed by atoms with Gasteiger partial charge in [-0.3, -0.25) is 9.59 Å². The third-order valence-electron chi connectivity index (χ3n) is 3.51. The third-order valence-corrected chi connectivity index (χ3v) is 4.43. The van der Waals surface area contributed by atoms with Crippen LogP contribution in [0.25, 0.3) is 0 Å². The summed E-state index contributed by atoms with van der Waals surface area (Å²) in [6.07, 6.45) is 1.33. The van der Waals surface area contributed by atoms with E-state index in [1.807, 2.05) is 25.1 Å². The second-order valence-electron chi connectivity index (χ2n) is 4.98. The summed E-state index contributed by atoms with van der Waals surface area (Å²) in [7, 11) is 0. The van der Waals surface area contributed by atoms with Crippen molar-refractivity contribution >= 4 is 43.7 Å². The Bertz CT molecular complexity index is 519. The molecule has 2 rings (SSSR count). The minimum absolute atomic E-state index is 0.000640. The molecule has 1 amide bonds. The maximum absolute atomic E-state index is 12.5. The van der Waals surface area contributed by atoms with Gasteiger partial charge in [-0.25, -0.2) is 0 Å². The van der Waals surface area contributed by atoms with Gasteiger partial charge >= 0.3 is 5.97 Å². The highest BCUT2D eigenvalue weighted by Crippen LogP contribution is 2.24. The molecule has 0 bridgehead atoms. The van der Waals surface area contributed by atoms with E-state index in [2.05, 4.69) is 31.9 Å². The van der Waals surface area contributed by atoms with Gasteiger partial charge < -0.3 is 9.64 Å². The lowest BCUT2D eigenvalue weighted by Crippen LogP contribution is -2.40. The van der Waals surface area contributed by atoms with Gasteiger partial charge in [-0.05, 0) is 38.0 Å². The van der Waals surface area contributed by atoms with Crippen molar-refractivity contribution < 1.29 is 14.3 Å². The van der Waals surface area contributed by atoms with Crippen molar-refractivity contribution in [3.8, 4) is 0 Å². The second-order valence-corrected chi connectivity index (χ2v) is 6.81. The highest BCUT2D eigenvalue weighted by Gasteiger charge is 2.28. The van der Waals surface area contributed by atoms with Crippen molar-refractivity contribution in [2.75, 3.05) is 19.7 Å². The summed E-state index contributed by atoms with van der Waals surface area (Å²) >= 11 is 6.78. The third kappa shape index (κ3) is 4.30. The van der Waals surface area contributed by atoms with Crippen molar-refractivity contribution in [2.45, 2.75) is 19.8 Å². The van der Waals surface area contributed by atoms with Gasteiger partial charge in [0.2, 0.25) is 0 Å². The Morgan fingerprint density at radius 1 is 1.19 bits per heavy atom. The van der Waals surface area contributed by atoms with Gasteiger partial charge in [-0.2, -0.15) is 0 Å². The van der Waals surface area contributed by atoms with Crippen molar-refractivity contribution in [1.82, 2.24) is 4.90 Å². The number of ether oxygens (including phenoxy) is 1. The van der Waals surface area contributed by atoms with Crippen molar-refractivity contribution in [3.05, 3.63) is 32.7 Å². The van der Waals surface area contributed by atoms with E-state index in [4.69, 9.17) is 4.74 Å². The average Bonchev–Trinajstić information content (AvgIpc) is 2.46. The molecule has 0 aromatic heterocycles. The van der Waals surface area contributed by atoms with Crippen LogP contribution >= 0.6 is 31.9 Å². The number of rotatable bonds is 3. The van der Waals surface area contributed by atoms with Gasteiger partial charge in [-0.1, -0.05) is 31.9 Å². The molecule has 1 aromatic carbocycles. The summed E-state index contributed by atoms with van der Waals surface area (Å²) in [5, 5.41) is 0. The van der Waals surface area contributed by atoms with Crippen LogP contribution in [-0.4, -0.2) is 36.5 Å². The van der Waals surface area contributed by atoms with Gasteiger partial charge in [-0.15, -0.1) is 0 Å². The number of amides is 1. The highest BCUT2D eigenvalue weighted by molar-refractivity contribution is 9.11. The Kier molecular flexibility index (Phi) is 5.81. The molecule has 1 saturated heterocycles. The Labute approximate surface area is 141 Å². The van der Waals surface area contributed by atoms with Crippen molar-refractivity contribution in [1.29, 1.82) is 0 Å². The van der Waals surface area contributed by atoms with Gasteiger partial charge in [0, 0.05) is 27.6 Å². The number of carbonyl (C=O) groups is 2. The van der Waals surface area contributed by atoms with E-state index in [0.29, 0.717) is 38.1 Å². The molecule has 0 N–H and O–H groups in total. The lowest BCUT2D eigenvalue weighted by Gasteiger charge is -2.31. The zero-order chi connectivity index (χ0) is 15.4. The number of halogens is 2. The Morgan fingerprint density at radius 3 is 2.29 bits per heavy atom. The minimum Gasteiger partial charge on any atom is -0.466 e. The van der Waals surface area contributed by atoms with Crippen LogP contribution in [0.1, 0.15) is 30.1 Å². The quantitative estimate of drug-likeness (QED) is 0.704. The lowest BCUT2D eigenvalue weighted by molar-refractivity contribution is -0.149. The molecule has 0 spiro atoms. The number of benzene rings is 1. The molecule has 1 aromatic rings. The summed E-state index contributed by atoms with van der Waals surface area (Å²) in [6.45, 7) is 3.39. The summed E-state index contributed by atoms with van der Waals surface area (Å²) in [6, 6.07) is 5.51. The lowest BCUT2D eigenvalue weighted by atomic mass is 9.96. The topological polar surface area (TPSA) is 46.6 Å². The molecule has 21 heavy (non-hydrogen) atoms. The predicted octanol–water partition coefficient (Wildman–Crippen LogP) is 3.63. The minimum atomic E-state index is -0.144. The van der Waals surface area contributed by atoms with E-state index >= 15 is 0 Å². The van der Waals surface area contributed by atoms with Crippen LogP contribution in [0.5, 0.6) is 0 Å².